The van der Waals surface area contributed by atoms with Gasteiger partial charge in [0, 0.05) is 36.6 Å². The summed E-state index contributed by atoms with van der Waals surface area (Å²) in [5.41, 5.74) is 2.39. The van der Waals surface area contributed by atoms with Crippen LogP contribution in [0.5, 0.6) is 0 Å². The van der Waals surface area contributed by atoms with Crippen LogP contribution in [0.15, 0.2) is 42.0 Å². The van der Waals surface area contributed by atoms with Crippen molar-refractivity contribution in [2.45, 2.75) is 6.42 Å². The molecular weight excluding hydrogens is 294 g/mol. The lowest BCUT2D eigenvalue weighted by atomic mass is 10.1. The van der Waals surface area contributed by atoms with Gasteiger partial charge in [-0.3, -0.25) is 0 Å². The Labute approximate surface area is 133 Å². The molecule has 1 N–H and O–H groups in total. The van der Waals surface area contributed by atoms with Crippen LogP contribution in [0, 0.1) is 5.92 Å². The Morgan fingerprint density at radius 2 is 2.09 bits per heavy atom. The van der Waals surface area contributed by atoms with E-state index >= 15 is 0 Å². The molecular formula is C17H17N3OS. The van der Waals surface area contributed by atoms with Crippen molar-refractivity contribution in [3.8, 4) is 11.1 Å². The van der Waals surface area contributed by atoms with Gasteiger partial charge in [0.25, 0.3) is 0 Å². The van der Waals surface area contributed by atoms with Gasteiger partial charge in [-0.25, -0.2) is 9.97 Å². The topological polar surface area (TPSA) is 49.2 Å². The Kier molecular flexibility index (Phi) is 3.52. The zero-order valence-corrected chi connectivity index (χ0v) is 13.0. The first-order chi connectivity index (χ1) is 10.9. The van der Waals surface area contributed by atoms with E-state index in [1.54, 1.807) is 17.7 Å². The molecule has 3 aromatic rings. The standard InChI is InChI=1S/C17H17N3OS/c21-9-12-6-7-20(8-12)16-15-14(13-4-2-1-3-5-13)10-22-17(15)19-11-18-16/h1-5,10-12,21H,6-9H2/t12-/m0/s1. The molecule has 22 heavy (non-hydrogen) atoms. The highest BCUT2D eigenvalue weighted by Gasteiger charge is 2.25. The first kappa shape index (κ1) is 13.7. The Morgan fingerprint density at radius 1 is 1.23 bits per heavy atom. The summed E-state index contributed by atoms with van der Waals surface area (Å²) < 4.78 is 0. The first-order valence-corrected chi connectivity index (χ1v) is 8.38. The number of fused-ring (bicyclic) bond motifs is 1. The van der Waals surface area contributed by atoms with E-state index in [1.807, 2.05) is 6.07 Å². The number of hydrogen-bond acceptors (Lipinski definition) is 5. The maximum atomic E-state index is 9.38. The second-order valence-electron chi connectivity index (χ2n) is 5.68. The summed E-state index contributed by atoms with van der Waals surface area (Å²) in [6.45, 7) is 2.06. The maximum absolute atomic E-state index is 9.38. The molecule has 1 atom stereocenters. The van der Waals surface area contributed by atoms with E-state index in [1.165, 1.54) is 11.1 Å². The Hall–Kier alpha value is -1.98. The average Bonchev–Trinajstić information content (AvgIpc) is 3.22. The summed E-state index contributed by atoms with van der Waals surface area (Å²) in [4.78, 5) is 12.3. The molecule has 3 heterocycles. The number of rotatable bonds is 3. The van der Waals surface area contributed by atoms with E-state index in [2.05, 4.69) is 44.5 Å². The van der Waals surface area contributed by atoms with E-state index in [0.29, 0.717) is 5.92 Å². The largest absolute Gasteiger partial charge is 0.396 e. The smallest absolute Gasteiger partial charge is 0.141 e. The Balaban J connectivity index is 1.84. The minimum absolute atomic E-state index is 0.250. The predicted molar refractivity (Wildman–Crippen MR) is 90.3 cm³/mol. The summed E-state index contributed by atoms with van der Waals surface area (Å²) in [5.74, 6) is 1.35. The summed E-state index contributed by atoms with van der Waals surface area (Å²) in [5, 5.41) is 12.7. The van der Waals surface area contributed by atoms with Crippen molar-refractivity contribution < 1.29 is 5.11 Å². The van der Waals surface area contributed by atoms with Crippen LogP contribution in [-0.4, -0.2) is 34.8 Å². The van der Waals surface area contributed by atoms with E-state index in [4.69, 9.17) is 0 Å². The van der Waals surface area contributed by atoms with Crippen molar-refractivity contribution in [1.82, 2.24) is 9.97 Å². The molecule has 1 aromatic carbocycles. The fraction of sp³-hybridized carbons (Fsp3) is 0.294. The predicted octanol–water partition coefficient (Wildman–Crippen LogP) is 3.18. The van der Waals surface area contributed by atoms with Crippen molar-refractivity contribution in [1.29, 1.82) is 0 Å². The third-order valence-electron chi connectivity index (χ3n) is 4.28. The molecule has 0 unspecified atom stereocenters. The molecule has 4 nitrogen and oxygen atoms in total. The molecule has 1 aliphatic heterocycles. The van der Waals surface area contributed by atoms with Crippen LogP contribution in [0.25, 0.3) is 21.3 Å². The second kappa shape index (κ2) is 5.66. The molecule has 2 aromatic heterocycles. The van der Waals surface area contributed by atoms with Crippen molar-refractivity contribution >= 4 is 27.4 Å². The molecule has 1 fully saturated rings. The molecule has 0 radical (unpaired) electrons. The first-order valence-electron chi connectivity index (χ1n) is 7.50. The van der Waals surface area contributed by atoms with Gasteiger partial charge in [-0.1, -0.05) is 30.3 Å². The molecule has 5 heteroatoms. The minimum atomic E-state index is 0.250. The molecule has 0 spiro atoms. The van der Waals surface area contributed by atoms with Gasteiger partial charge in [-0.15, -0.1) is 11.3 Å². The van der Waals surface area contributed by atoms with Crippen LogP contribution in [0.3, 0.4) is 0 Å². The summed E-state index contributed by atoms with van der Waals surface area (Å²) in [6.07, 6.45) is 2.67. The Bertz CT molecular complexity index is 787. The number of hydrogen-bond donors (Lipinski definition) is 1. The fourth-order valence-corrected chi connectivity index (χ4v) is 4.01. The van der Waals surface area contributed by atoms with E-state index in [-0.39, 0.29) is 6.61 Å². The van der Waals surface area contributed by atoms with Crippen LogP contribution in [0.4, 0.5) is 5.82 Å². The van der Waals surface area contributed by atoms with Crippen LogP contribution in [0.2, 0.25) is 0 Å². The molecule has 0 aliphatic carbocycles. The zero-order valence-electron chi connectivity index (χ0n) is 12.1. The average molecular weight is 311 g/mol. The van der Waals surface area contributed by atoms with E-state index in [9.17, 15) is 5.11 Å². The lowest BCUT2D eigenvalue weighted by molar-refractivity contribution is 0.238. The van der Waals surface area contributed by atoms with Crippen LogP contribution in [-0.2, 0) is 0 Å². The van der Waals surface area contributed by atoms with E-state index in [0.717, 1.165) is 35.5 Å². The fourth-order valence-electron chi connectivity index (χ4n) is 3.10. The van der Waals surface area contributed by atoms with Gasteiger partial charge in [0.15, 0.2) is 0 Å². The van der Waals surface area contributed by atoms with Gasteiger partial charge in [0.1, 0.15) is 17.0 Å². The molecule has 112 valence electrons. The zero-order chi connectivity index (χ0) is 14.9. The third kappa shape index (κ3) is 2.26. The van der Waals surface area contributed by atoms with Crippen molar-refractivity contribution in [3.05, 3.63) is 42.0 Å². The highest BCUT2D eigenvalue weighted by molar-refractivity contribution is 7.17. The number of anilines is 1. The van der Waals surface area contributed by atoms with Gasteiger partial charge < -0.3 is 10.0 Å². The van der Waals surface area contributed by atoms with Gasteiger partial charge in [-0.2, -0.15) is 0 Å². The monoisotopic (exact) mass is 311 g/mol. The van der Waals surface area contributed by atoms with Gasteiger partial charge in [-0.05, 0) is 12.0 Å². The number of aromatic nitrogens is 2. The maximum Gasteiger partial charge on any atom is 0.141 e. The molecule has 0 amide bonds. The highest BCUT2D eigenvalue weighted by Crippen LogP contribution is 2.38. The molecule has 0 bridgehead atoms. The number of benzene rings is 1. The van der Waals surface area contributed by atoms with Gasteiger partial charge >= 0.3 is 0 Å². The number of nitrogens with zero attached hydrogens (tertiary/aromatic N) is 3. The molecule has 4 rings (SSSR count). The van der Waals surface area contributed by atoms with E-state index < -0.39 is 0 Å². The van der Waals surface area contributed by atoms with Crippen LogP contribution < -0.4 is 4.90 Å². The molecule has 1 saturated heterocycles. The lowest BCUT2D eigenvalue weighted by Gasteiger charge is -2.18. The Morgan fingerprint density at radius 3 is 2.86 bits per heavy atom. The molecule has 1 aliphatic rings. The highest BCUT2D eigenvalue weighted by atomic mass is 32.1. The quantitative estimate of drug-likeness (QED) is 0.807. The lowest BCUT2D eigenvalue weighted by Crippen LogP contribution is -2.22. The SMILES string of the molecule is OC[C@H]1CCN(c2ncnc3scc(-c4ccccc4)c23)C1. The van der Waals surface area contributed by atoms with Crippen molar-refractivity contribution in [2.24, 2.45) is 5.92 Å². The van der Waals surface area contributed by atoms with Gasteiger partial charge in [0.05, 0.1) is 5.39 Å². The van der Waals surface area contributed by atoms with Crippen LogP contribution >= 0.6 is 11.3 Å². The minimum Gasteiger partial charge on any atom is -0.396 e. The summed E-state index contributed by atoms with van der Waals surface area (Å²) >= 11 is 1.66. The summed E-state index contributed by atoms with van der Waals surface area (Å²) in [7, 11) is 0. The number of thiophene rings is 1. The number of aliphatic hydroxyl groups excluding tert-OH is 1. The normalized spacial score (nSPS) is 18.2. The van der Waals surface area contributed by atoms with Crippen molar-refractivity contribution in [2.75, 3.05) is 24.6 Å². The summed E-state index contributed by atoms with van der Waals surface area (Å²) in [6, 6.07) is 10.4. The van der Waals surface area contributed by atoms with Crippen LogP contribution in [0.1, 0.15) is 6.42 Å². The van der Waals surface area contributed by atoms with Crippen molar-refractivity contribution in [3.63, 3.8) is 0 Å². The molecule has 0 saturated carbocycles. The van der Waals surface area contributed by atoms with Gasteiger partial charge in [0.2, 0.25) is 0 Å². The number of aliphatic hydroxyl groups is 1. The second-order valence-corrected chi connectivity index (χ2v) is 6.53. The third-order valence-corrected chi connectivity index (χ3v) is 5.16.